The molecule has 0 aromatic rings. The molecule has 2 nitrogen and oxygen atoms in total. The number of unbranched alkanes of at least 4 members (excludes halogenated alkanes) is 22. The molecule has 0 spiro atoms. The van der Waals surface area contributed by atoms with Crippen LogP contribution in [0.1, 0.15) is 281 Å². The van der Waals surface area contributed by atoms with Crippen LogP contribution in [0.2, 0.25) is 0 Å². The van der Waals surface area contributed by atoms with Crippen molar-refractivity contribution in [2.24, 2.45) is 50.2 Å². The SMILES string of the molecule is CCCCCCCCCCCCCCCCCCCCCCCCCC(=O)O[C@H]1CC[C@]2(C)[C@H]3CC=C4[C@@H]5CC(C)(C)CC[C@]5(C)CC[C@@]4(C)[C@]3(C)CC[C@H]2C1(C)C. The summed E-state index contributed by atoms with van der Waals surface area (Å²) in [6, 6.07) is 0. The van der Waals surface area contributed by atoms with Gasteiger partial charge in [-0.15, -0.1) is 0 Å². The number of hydrogen-bond donors (Lipinski definition) is 0. The summed E-state index contributed by atoms with van der Waals surface area (Å²) in [5.41, 5.74) is 3.86. The quantitative estimate of drug-likeness (QED) is 0.0522. The smallest absolute Gasteiger partial charge is 0.306 e. The van der Waals surface area contributed by atoms with Gasteiger partial charge in [0.15, 0.2) is 0 Å². The first kappa shape index (κ1) is 48.2. The number of carbonyl (C=O) groups excluding carboxylic acids is 1. The predicted octanol–water partition coefficient (Wildman–Crippen LogP) is 18.1. The number of rotatable bonds is 25. The molecular weight excluding hydrogens is 705 g/mol. The van der Waals surface area contributed by atoms with Gasteiger partial charge in [-0.1, -0.05) is 215 Å². The number of hydrogen-bond acceptors (Lipinski definition) is 2. The lowest BCUT2D eigenvalue weighted by atomic mass is 9.33. The Morgan fingerprint density at radius 1 is 0.569 bits per heavy atom. The second-order valence-electron chi connectivity index (χ2n) is 24.2. The van der Waals surface area contributed by atoms with Gasteiger partial charge in [0.25, 0.3) is 0 Å². The Hall–Kier alpha value is -0.790. The van der Waals surface area contributed by atoms with Gasteiger partial charge in [0.1, 0.15) is 6.10 Å². The molecule has 0 radical (unpaired) electrons. The number of ether oxygens (including phenoxy) is 1. The summed E-state index contributed by atoms with van der Waals surface area (Å²) in [6.45, 7) is 23.1. The minimum atomic E-state index is 0.0276. The first-order chi connectivity index (χ1) is 27.6. The van der Waals surface area contributed by atoms with Crippen LogP contribution >= 0.6 is 0 Å². The van der Waals surface area contributed by atoms with E-state index in [-0.39, 0.29) is 17.5 Å². The Balaban J connectivity index is 0.923. The zero-order chi connectivity index (χ0) is 41.9. The van der Waals surface area contributed by atoms with Gasteiger partial charge in [0.2, 0.25) is 0 Å². The van der Waals surface area contributed by atoms with Gasteiger partial charge in [-0.05, 0) is 115 Å². The van der Waals surface area contributed by atoms with Crippen molar-refractivity contribution in [1.82, 2.24) is 0 Å². The van der Waals surface area contributed by atoms with Crippen molar-refractivity contribution in [1.29, 1.82) is 0 Å². The third-order valence-corrected chi connectivity index (χ3v) is 19.3. The Morgan fingerprint density at radius 2 is 1.05 bits per heavy atom. The van der Waals surface area contributed by atoms with Gasteiger partial charge >= 0.3 is 5.97 Å². The maximum Gasteiger partial charge on any atom is 0.306 e. The molecule has 4 saturated carbocycles. The molecule has 0 amide bonds. The van der Waals surface area contributed by atoms with E-state index in [1.54, 1.807) is 0 Å². The van der Waals surface area contributed by atoms with E-state index in [4.69, 9.17) is 4.74 Å². The lowest BCUT2D eigenvalue weighted by Crippen LogP contribution is -2.64. The molecule has 0 saturated heterocycles. The Morgan fingerprint density at radius 3 is 1.57 bits per heavy atom. The highest BCUT2D eigenvalue weighted by molar-refractivity contribution is 5.69. The van der Waals surface area contributed by atoms with Gasteiger partial charge in [0.05, 0.1) is 0 Å². The van der Waals surface area contributed by atoms with Crippen LogP contribution in [0.3, 0.4) is 0 Å². The average Bonchev–Trinajstić information content (AvgIpc) is 3.17. The van der Waals surface area contributed by atoms with Crippen LogP contribution in [0.15, 0.2) is 11.6 Å². The molecule has 336 valence electrons. The number of allylic oxidation sites excluding steroid dienone is 2. The van der Waals surface area contributed by atoms with Crippen LogP contribution in [-0.2, 0) is 9.53 Å². The molecule has 0 aromatic heterocycles. The molecule has 58 heavy (non-hydrogen) atoms. The summed E-state index contributed by atoms with van der Waals surface area (Å²) in [7, 11) is 0. The van der Waals surface area contributed by atoms with Crippen LogP contribution < -0.4 is 0 Å². The molecule has 5 aliphatic carbocycles. The minimum Gasteiger partial charge on any atom is -0.462 e. The van der Waals surface area contributed by atoms with E-state index in [0.717, 1.165) is 24.7 Å². The molecule has 2 heteroatoms. The first-order valence-electron chi connectivity index (χ1n) is 26.5. The molecule has 0 heterocycles. The standard InChI is InChI=1S/C56H100O2/c1-10-11-12-13-14-15-16-17-18-19-20-21-22-23-24-25-26-27-28-29-30-31-32-33-50(57)58-49-37-38-54(7)47(52(49,4)5)36-39-56(9)48(54)35-34-45-46-44-51(2,3)40-41-53(46,6)42-43-55(45,56)8/h34,46-49H,10-33,35-44H2,1-9H3/t46-,47-,48+,49-,53+,54-,55+,56+/m0/s1. The van der Waals surface area contributed by atoms with Crippen LogP contribution in [0, 0.1) is 50.2 Å². The molecule has 0 bridgehead atoms. The van der Waals surface area contributed by atoms with Crippen molar-refractivity contribution in [3.05, 3.63) is 11.6 Å². The minimum absolute atomic E-state index is 0.0276. The van der Waals surface area contributed by atoms with Crippen LogP contribution in [0.5, 0.6) is 0 Å². The van der Waals surface area contributed by atoms with E-state index in [2.05, 4.69) is 68.4 Å². The molecule has 0 unspecified atom stereocenters. The van der Waals surface area contributed by atoms with Crippen molar-refractivity contribution in [2.75, 3.05) is 0 Å². The van der Waals surface area contributed by atoms with E-state index in [9.17, 15) is 4.79 Å². The summed E-state index contributed by atoms with van der Waals surface area (Å²) < 4.78 is 6.46. The van der Waals surface area contributed by atoms with E-state index in [1.807, 2.05) is 5.57 Å². The largest absolute Gasteiger partial charge is 0.462 e. The average molecular weight is 805 g/mol. The fourth-order valence-electron chi connectivity index (χ4n) is 15.0. The molecule has 0 aliphatic heterocycles. The Bertz CT molecular complexity index is 1270. The van der Waals surface area contributed by atoms with Gasteiger partial charge < -0.3 is 4.74 Å². The van der Waals surface area contributed by atoms with E-state index >= 15 is 0 Å². The van der Waals surface area contributed by atoms with Crippen molar-refractivity contribution in [2.45, 2.75) is 287 Å². The summed E-state index contributed by atoms with van der Waals surface area (Å²) in [4.78, 5) is 13.3. The van der Waals surface area contributed by atoms with E-state index in [0.29, 0.717) is 39.4 Å². The molecule has 0 aromatic carbocycles. The second-order valence-corrected chi connectivity index (χ2v) is 24.2. The van der Waals surface area contributed by atoms with Crippen LogP contribution in [0.4, 0.5) is 0 Å². The highest BCUT2D eigenvalue weighted by atomic mass is 16.5. The monoisotopic (exact) mass is 805 g/mol. The highest BCUT2D eigenvalue weighted by Gasteiger charge is 2.68. The molecule has 5 rings (SSSR count). The summed E-state index contributed by atoms with van der Waals surface area (Å²) in [6.07, 6.45) is 48.8. The van der Waals surface area contributed by atoms with Gasteiger partial charge in [-0.2, -0.15) is 0 Å². The topological polar surface area (TPSA) is 26.3 Å². The fourth-order valence-corrected chi connectivity index (χ4v) is 15.0. The molecule has 8 atom stereocenters. The fraction of sp³-hybridized carbons (Fsp3) is 0.946. The Labute approximate surface area is 362 Å². The van der Waals surface area contributed by atoms with Crippen molar-refractivity contribution < 1.29 is 9.53 Å². The van der Waals surface area contributed by atoms with Gasteiger partial charge in [-0.3, -0.25) is 4.79 Å². The maximum atomic E-state index is 13.3. The predicted molar refractivity (Wildman–Crippen MR) is 251 cm³/mol. The van der Waals surface area contributed by atoms with Crippen molar-refractivity contribution in [3.63, 3.8) is 0 Å². The van der Waals surface area contributed by atoms with Crippen molar-refractivity contribution >= 4 is 5.97 Å². The number of esters is 1. The third kappa shape index (κ3) is 11.4. The molecule has 5 aliphatic rings. The Kier molecular flexibility index (Phi) is 17.9. The zero-order valence-corrected chi connectivity index (χ0v) is 40.7. The number of carbonyl (C=O) groups is 1. The van der Waals surface area contributed by atoms with Crippen molar-refractivity contribution in [3.8, 4) is 0 Å². The molecule has 4 fully saturated rings. The molecular formula is C56H100O2. The third-order valence-electron chi connectivity index (χ3n) is 19.3. The number of fused-ring (bicyclic) bond motifs is 7. The normalized spacial score (nSPS) is 34.9. The van der Waals surface area contributed by atoms with Gasteiger partial charge in [-0.25, -0.2) is 0 Å². The summed E-state index contributed by atoms with van der Waals surface area (Å²) >= 11 is 0. The van der Waals surface area contributed by atoms with Crippen LogP contribution in [0.25, 0.3) is 0 Å². The van der Waals surface area contributed by atoms with E-state index < -0.39 is 0 Å². The lowest BCUT2D eigenvalue weighted by Gasteiger charge is -2.71. The van der Waals surface area contributed by atoms with E-state index in [1.165, 1.54) is 199 Å². The summed E-state index contributed by atoms with van der Waals surface area (Å²) in [5, 5.41) is 0. The lowest BCUT2D eigenvalue weighted by molar-refractivity contribution is -0.212. The second kappa shape index (κ2) is 21.5. The summed E-state index contributed by atoms with van der Waals surface area (Å²) in [5.74, 6) is 2.18. The highest BCUT2D eigenvalue weighted by Crippen LogP contribution is 2.75. The van der Waals surface area contributed by atoms with Crippen LogP contribution in [-0.4, -0.2) is 12.1 Å². The van der Waals surface area contributed by atoms with Gasteiger partial charge in [0, 0.05) is 11.8 Å². The first-order valence-corrected chi connectivity index (χ1v) is 26.5. The zero-order valence-electron chi connectivity index (χ0n) is 40.7. The maximum absolute atomic E-state index is 13.3. The molecule has 0 N–H and O–H groups in total.